The fourth-order valence-electron chi connectivity index (χ4n) is 2.53. The maximum atomic E-state index is 12.6. The summed E-state index contributed by atoms with van der Waals surface area (Å²) < 4.78 is 76.5. The van der Waals surface area contributed by atoms with Crippen LogP contribution in [0.1, 0.15) is 11.1 Å². The molecule has 0 saturated carbocycles. The Morgan fingerprint density at radius 3 is 2.42 bits per heavy atom. The minimum absolute atomic E-state index is 0.00623. The van der Waals surface area contributed by atoms with Crippen LogP contribution < -0.4 is 24.8 Å². The number of benzene rings is 2. The van der Waals surface area contributed by atoms with Gasteiger partial charge in [0, 0.05) is 25.7 Å². The van der Waals surface area contributed by atoms with Crippen molar-refractivity contribution < 1.29 is 36.2 Å². The van der Waals surface area contributed by atoms with E-state index in [1.807, 2.05) is 0 Å². The summed E-state index contributed by atoms with van der Waals surface area (Å²) >= 11 is 0. The van der Waals surface area contributed by atoms with Crippen LogP contribution in [0.3, 0.4) is 0 Å². The van der Waals surface area contributed by atoms with Gasteiger partial charge in [-0.1, -0.05) is 12.1 Å². The second kappa shape index (κ2) is 11.2. The first-order valence-electron chi connectivity index (χ1n) is 9.05. The summed E-state index contributed by atoms with van der Waals surface area (Å²) in [5.41, 5.74) is 1.08. The number of hydrogen-bond acceptors (Lipinski definition) is 4. The van der Waals surface area contributed by atoms with Crippen molar-refractivity contribution >= 4 is 5.96 Å². The van der Waals surface area contributed by atoms with Gasteiger partial charge in [0.15, 0.2) is 12.6 Å². The highest BCUT2D eigenvalue weighted by atomic mass is 19.4. The number of methoxy groups -OCH3 is 1. The Hall–Kier alpha value is -3.24. The highest BCUT2D eigenvalue weighted by Crippen LogP contribution is 2.25. The van der Waals surface area contributed by atoms with Crippen LogP contribution in [0.5, 0.6) is 17.2 Å². The molecule has 0 aliphatic carbocycles. The van der Waals surface area contributed by atoms with E-state index in [4.69, 9.17) is 9.47 Å². The Kier molecular flexibility index (Phi) is 8.71. The number of hydrogen-bond donors (Lipinski definition) is 2. The van der Waals surface area contributed by atoms with E-state index in [1.54, 1.807) is 18.2 Å². The van der Waals surface area contributed by atoms with Gasteiger partial charge in [-0.3, -0.25) is 4.99 Å². The summed E-state index contributed by atoms with van der Waals surface area (Å²) in [6, 6.07) is 10.6. The lowest BCUT2D eigenvalue weighted by Crippen LogP contribution is -2.36. The number of rotatable bonds is 9. The maximum Gasteiger partial charge on any atom is 0.422 e. The van der Waals surface area contributed by atoms with E-state index in [1.165, 1.54) is 38.4 Å². The number of nitrogens with zero attached hydrogens (tertiary/aromatic N) is 1. The molecule has 0 unspecified atom stereocenters. The summed E-state index contributed by atoms with van der Waals surface area (Å²) in [5.74, 6) is 0.891. The molecule has 2 N–H and O–H groups in total. The molecule has 0 bridgehead atoms. The van der Waals surface area contributed by atoms with Crippen molar-refractivity contribution in [3.05, 3.63) is 53.6 Å². The summed E-state index contributed by atoms with van der Waals surface area (Å²) in [6.45, 7) is -4.01. The fraction of sp³-hybridized carbons (Fsp3) is 0.350. The molecule has 31 heavy (non-hydrogen) atoms. The van der Waals surface area contributed by atoms with Crippen LogP contribution in [0.2, 0.25) is 0 Å². The first-order valence-corrected chi connectivity index (χ1v) is 9.05. The van der Waals surface area contributed by atoms with Gasteiger partial charge < -0.3 is 24.8 Å². The molecular formula is C20H22F5N3O3. The number of guanidine groups is 1. The monoisotopic (exact) mass is 447 g/mol. The van der Waals surface area contributed by atoms with E-state index < -0.39 is 19.4 Å². The summed E-state index contributed by atoms with van der Waals surface area (Å²) in [7, 11) is 2.97. The lowest BCUT2D eigenvalue weighted by Gasteiger charge is -2.16. The third kappa shape index (κ3) is 8.57. The maximum absolute atomic E-state index is 12.6. The first kappa shape index (κ1) is 24.0. The molecule has 2 aromatic rings. The smallest absolute Gasteiger partial charge is 0.422 e. The normalized spacial score (nSPS) is 11.9. The zero-order valence-electron chi connectivity index (χ0n) is 16.8. The largest absolute Gasteiger partial charge is 0.497 e. The quantitative estimate of drug-likeness (QED) is 0.344. The van der Waals surface area contributed by atoms with Crippen LogP contribution in [0.4, 0.5) is 22.0 Å². The molecule has 2 rings (SSSR count). The SMILES string of the molecule is CN=C(NCc1cccc(OCC(F)(F)F)c1)NCc1cc(OC)ccc1OC(F)F. The van der Waals surface area contributed by atoms with Crippen molar-refractivity contribution in [2.45, 2.75) is 25.9 Å². The van der Waals surface area contributed by atoms with Gasteiger partial charge in [-0.15, -0.1) is 0 Å². The predicted octanol–water partition coefficient (Wildman–Crippen LogP) is 4.10. The highest BCUT2D eigenvalue weighted by molar-refractivity contribution is 5.79. The molecule has 2 aromatic carbocycles. The van der Waals surface area contributed by atoms with Crippen LogP contribution in [0.25, 0.3) is 0 Å². The Balaban J connectivity index is 1.97. The predicted molar refractivity (Wildman–Crippen MR) is 105 cm³/mol. The van der Waals surface area contributed by atoms with Gasteiger partial charge in [0.05, 0.1) is 7.11 Å². The Labute approximate surface area is 176 Å². The molecule has 11 heteroatoms. The number of halogens is 5. The van der Waals surface area contributed by atoms with Crippen molar-refractivity contribution in [1.82, 2.24) is 10.6 Å². The van der Waals surface area contributed by atoms with E-state index in [0.717, 1.165) is 0 Å². The van der Waals surface area contributed by atoms with Gasteiger partial charge in [0.2, 0.25) is 0 Å². The van der Waals surface area contributed by atoms with E-state index in [2.05, 4.69) is 20.4 Å². The standard InChI is InChI=1S/C20H22F5N3O3/c1-26-19(27-10-13-4-3-5-16(8-13)30-12-20(23,24)25)28-11-14-9-15(29-2)6-7-17(14)31-18(21)22/h3-9,18H,10-12H2,1-2H3,(H2,26,27,28). The number of ether oxygens (including phenoxy) is 3. The van der Waals surface area contributed by atoms with Crippen LogP contribution in [0, 0.1) is 0 Å². The number of nitrogens with one attached hydrogen (secondary N) is 2. The van der Waals surface area contributed by atoms with Gasteiger partial charge >= 0.3 is 12.8 Å². The molecule has 0 aliphatic rings. The topological polar surface area (TPSA) is 64.1 Å². The summed E-state index contributed by atoms with van der Waals surface area (Å²) in [5, 5.41) is 5.94. The lowest BCUT2D eigenvalue weighted by atomic mass is 10.2. The Bertz CT molecular complexity index is 875. The lowest BCUT2D eigenvalue weighted by molar-refractivity contribution is -0.153. The summed E-state index contributed by atoms with van der Waals surface area (Å²) in [6.07, 6.45) is -4.42. The molecule has 0 saturated heterocycles. The zero-order chi connectivity index (χ0) is 22.9. The molecule has 0 spiro atoms. The zero-order valence-corrected chi connectivity index (χ0v) is 16.8. The second-order valence-electron chi connectivity index (χ2n) is 6.18. The Morgan fingerprint density at radius 2 is 1.77 bits per heavy atom. The van der Waals surface area contributed by atoms with Gasteiger partial charge in [-0.2, -0.15) is 22.0 Å². The minimum atomic E-state index is -4.42. The van der Waals surface area contributed by atoms with Crippen molar-refractivity contribution in [1.29, 1.82) is 0 Å². The third-order valence-electron chi connectivity index (χ3n) is 3.91. The van der Waals surface area contributed by atoms with Crippen LogP contribution >= 0.6 is 0 Å². The van der Waals surface area contributed by atoms with Crippen molar-refractivity contribution in [2.75, 3.05) is 20.8 Å². The Morgan fingerprint density at radius 1 is 1.03 bits per heavy atom. The molecule has 0 aliphatic heterocycles. The molecule has 0 heterocycles. The minimum Gasteiger partial charge on any atom is -0.497 e. The van der Waals surface area contributed by atoms with Crippen molar-refractivity contribution in [3.63, 3.8) is 0 Å². The third-order valence-corrected chi connectivity index (χ3v) is 3.91. The van der Waals surface area contributed by atoms with Gasteiger partial charge in [0.1, 0.15) is 17.2 Å². The van der Waals surface area contributed by atoms with E-state index in [-0.39, 0.29) is 24.6 Å². The molecule has 6 nitrogen and oxygen atoms in total. The van der Waals surface area contributed by atoms with Gasteiger partial charge in [0.25, 0.3) is 0 Å². The van der Waals surface area contributed by atoms with Crippen LogP contribution in [-0.2, 0) is 13.1 Å². The first-order chi connectivity index (χ1) is 14.7. The summed E-state index contributed by atoms with van der Waals surface area (Å²) in [4.78, 5) is 4.04. The van der Waals surface area contributed by atoms with Gasteiger partial charge in [-0.25, -0.2) is 0 Å². The van der Waals surface area contributed by atoms with Crippen LogP contribution in [-0.4, -0.2) is 39.5 Å². The average molecular weight is 447 g/mol. The van der Waals surface area contributed by atoms with Crippen molar-refractivity contribution in [3.8, 4) is 17.2 Å². The highest BCUT2D eigenvalue weighted by Gasteiger charge is 2.28. The van der Waals surface area contributed by atoms with E-state index in [0.29, 0.717) is 22.8 Å². The molecule has 0 aromatic heterocycles. The molecular weight excluding hydrogens is 425 g/mol. The molecule has 170 valence electrons. The van der Waals surface area contributed by atoms with E-state index >= 15 is 0 Å². The van der Waals surface area contributed by atoms with Crippen molar-refractivity contribution in [2.24, 2.45) is 4.99 Å². The fourth-order valence-corrected chi connectivity index (χ4v) is 2.53. The molecule has 0 amide bonds. The number of alkyl halides is 5. The molecule has 0 fully saturated rings. The van der Waals surface area contributed by atoms with Crippen LogP contribution in [0.15, 0.2) is 47.5 Å². The van der Waals surface area contributed by atoms with Gasteiger partial charge in [-0.05, 0) is 35.9 Å². The molecule has 0 atom stereocenters. The molecule has 0 radical (unpaired) electrons. The second-order valence-corrected chi connectivity index (χ2v) is 6.18. The average Bonchev–Trinajstić information content (AvgIpc) is 2.72. The van der Waals surface area contributed by atoms with E-state index in [9.17, 15) is 22.0 Å². The number of aliphatic imine (C=N–C) groups is 1.